The molecule has 35 heavy (non-hydrogen) atoms. The number of hydrogen-bond acceptors (Lipinski definition) is 8. The van der Waals surface area contributed by atoms with E-state index in [-0.39, 0.29) is 0 Å². The minimum atomic E-state index is 0.456. The van der Waals surface area contributed by atoms with Crippen LogP contribution in [0.4, 0.5) is 11.6 Å². The summed E-state index contributed by atoms with van der Waals surface area (Å²) in [6.07, 6.45) is 6.62. The lowest BCUT2D eigenvalue weighted by molar-refractivity contribution is 0.628. The molecule has 2 N–H and O–H groups in total. The van der Waals surface area contributed by atoms with E-state index in [1.807, 2.05) is 45.5 Å². The van der Waals surface area contributed by atoms with Crippen LogP contribution < -0.4 is 10.6 Å². The van der Waals surface area contributed by atoms with Crippen LogP contribution in [0, 0.1) is 0 Å². The molecular formula is C25H22N10. The molecule has 0 fully saturated rings. The van der Waals surface area contributed by atoms with Gasteiger partial charge in [-0.05, 0) is 11.1 Å². The van der Waals surface area contributed by atoms with Gasteiger partial charge in [-0.2, -0.15) is 0 Å². The molecule has 10 heteroatoms. The Morgan fingerprint density at radius 1 is 0.543 bits per heavy atom. The molecule has 6 aromatic rings. The Morgan fingerprint density at radius 3 is 1.46 bits per heavy atom. The summed E-state index contributed by atoms with van der Waals surface area (Å²) in [6, 6.07) is 20.3. The highest BCUT2D eigenvalue weighted by Gasteiger charge is 2.14. The van der Waals surface area contributed by atoms with E-state index in [2.05, 4.69) is 64.8 Å². The molecule has 0 spiro atoms. The number of fused-ring (bicyclic) bond motifs is 2. The van der Waals surface area contributed by atoms with E-state index in [4.69, 9.17) is 0 Å². The van der Waals surface area contributed by atoms with Crippen molar-refractivity contribution in [2.45, 2.75) is 19.8 Å². The van der Waals surface area contributed by atoms with Gasteiger partial charge in [0.15, 0.2) is 22.9 Å². The molecule has 0 atom stereocenters. The van der Waals surface area contributed by atoms with E-state index >= 15 is 0 Å². The summed E-state index contributed by atoms with van der Waals surface area (Å²) >= 11 is 0. The molecule has 6 rings (SSSR count). The summed E-state index contributed by atoms with van der Waals surface area (Å²) in [6.45, 7) is 1.76. The van der Waals surface area contributed by atoms with Crippen molar-refractivity contribution in [2.24, 2.45) is 0 Å². The molecule has 0 saturated carbocycles. The number of nitrogens with zero attached hydrogens (tertiary/aromatic N) is 8. The predicted molar refractivity (Wildman–Crippen MR) is 134 cm³/mol. The van der Waals surface area contributed by atoms with Crippen LogP contribution in [0.25, 0.3) is 22.3 Å². The summed E-state index contributed by atoms with van der Waals surface area (Å²) in [5.41, 5.74) is 5.23. The SMILES string of the molecule is c1ccc(CNc2ncnc3c2ncn3Cn2cnc3c(NCc4ccccc4)ncnc32)cc1. The van der Waals surface area contributed by atoms with Gasteiger partial charge in [0.05, 0.1) is 12.7 Å². The normalized spacial score (nSPS) is 11.2. The van der Waals surface area contributed by atoms with Gasteiger partial charge >= 0.3 is 0 Å². The highest BCUT2D eigenvalue weighted by molar-refractivity contribution is 5.84. The average molecular weight is 463 g/mol. The fourth-order valence-electron chi connectivity index (χ4n) is 3.95. The molecule has 0 aliphatic heterocycles. The third kappa shape index (κ3) is 4.24. The first-order valence-corrected chi connectivity index (χ1v) is 11.2. The Bertz CT molecular complexity index is 1450. The van der Waals surface area contributed by atoms with Gasteiger partial charge in [0.2, 0.25) is 0 Å². The third-order valence-corrected chi connectivity index (χ3v) is 5.71. The summed E-state index contributed by atoms with van der Waals surface area (Å²) in [4.78, 5) is 26.9. The Kier molecular flexibility index (Phi) is 5.44. The van der Waals surface area contributed by atoms with E-state index in [1.54, 1.807) is 25.3 Å². The van der Waals surface area contributed by atoms with Crippen molar-refractivity contribution in [2.75, 3.05) is 10.6 Å². The van der Waals surface area contributed by atoms with Gasteiger partial charge in [0, 0.05) is 13.1 Å². The lowest BCUT2D eigenvalue weighted by atomic mass is 10.2. The summed E-state index contributed by atoms with van der Waals surface area (Å²) < 4.78 is 3.90. The van der Waals surface area contributed by atoms with Crippen LogP contribution in [0.1, 0.15) is 11.1 Å². The number of imidazole rings is 2. The molecule has 4 heterocycles. The highest BCUT2D eigenvalue weighted by atomic mass is 15.3. The average Bonchev–Trinajstić information content (AvgIpc) is 3.53. The molecule has 4 aromatic heterocycles. The lowest BCUT2D eigenvalue weighted by Gasteiger charge is -2.08. The van der Waals surface area contributed by atoms with Crippen molar-refractivity contribution in [3.05, 3.63) is 97.1 Å². The van der Waals surface area contributed by atoms with Crippen LogP contribution in [0.2, 0.25) is 0 Å². The maximum Gasteiger partial charge on any atom is 0.166 e. The molecule has 0 amide bonds. The second-order valence-electron chi connectivity index (χ2n) is 8.04. The summed E-state index contributed by atoms with van der Waals surface area (Å²) in [5.74, 6) is 1.39. The molecule has 0 aliphatic rings. The van der Waals surface area contributed by atoms with E-state index < -0.39 is 0 Å². The molecule has 0 radical (unpaired) electrons. The third-order valence-electron chi connectivity index (χ3n) is 5.71. The zero-order valence-corrected chi connectivity index (χ0v) is 18.8. The molecule has 0 aliphatic carbocycles. The number of hydrogen-bond donors (Lipinski definition) is 2. The second-order valence-corrected chi connectivity index (χ2v) is 8.04. The number of aromatic nitrogens is 8. The standard InChI is InChI=1S/C25H22N10/c1-3-7-18(8-4-1)11-26-22-20-24(30-13-28-22)34(15-32-20)17-35-16-33-21-23(29-14-31-25(21)35)27-12-19-9-5-2-6-10-19/h1-10,13-16H,11-12,17H2,(H,26,28,30)(H,27,29,31). The predicted octanol–water partition coefficient (Wildman–Crippen LogP) is 3.70. The van der Waals surface area contributed by atoms with Crippen LogP contribution >= 0.6 is 0 Å². The second kappa shape index (κ2) is 9.18. The van der Waals surface area contributed by atoms with Crippen molar-refractivity contribution in [3.63, 3.8) is 0 Å². The van der Waals surface area contributed by atoms with Crippen LogP contribution in [0.5, 0.6) is 0 Å². The fourth-order valence-corrected chi connectivity index (χ4v) is 3.95. The first-order valence-electron chi connectivity index (χ1n) is 11.2. The molecule has 10 nitrogen and oxygen atoms in total. The van der Waals surface area contributed by atoms with Crippen LogP contribution in [0.3, 0.4) is 0 Å². The largest absolute Gasteiger partial charge is 0.364 e. The molecule has 0 unspecified atom stereocenters. The minimum absolute atomic E-state index is 0.456. The molecule has 0 bridgehead atoms. The quantitative estimate of drug-likeness (QED) is 0.352. The summed E-state index contributed by atoms with van der Waals surface area (Å²) in [5, 5.41) is 6.73. The zero-order valence-electron chi connectivity index (χ0n) is 18.8. The Balaban J connectivity index is 1.24. The van der Waals surface area contributed by atoms with Gasteiger partial charge in [-0.1, -0.05) is 60.7 Å². The monoisotopic (exact) mass is 462 g/mol. The molecule has 0 saturated heterocycles. The Morgan fingerprint density at radius 2 is 1.00 bits per heavy atom. The van der Waals surface area contributed by atoms with E-state index in [9.17, 15) is 0 Å². The van der Waals surface area contributed by atoms with Gasteiger partial charge in [0.1, 0.15) is 30.4 Å². The molecule has 172 valence electrons. The number of benzene rings is 2. The number of anilines is 2. The van der Waals surface area contributed by atoms with Crippen molar-refractivity contribution in [1.29, 1.82) is 0 Å². The zero-order chi connectivity index (χ0) is 23.5. The topological polar surface area (TPSA) is 111 Å². The van der Waals surface area contributed by atoms with Crippen LogP contribution in [0.15, 0.2) is 86.0 Å². The highest BCUT2D eigenvalue weighted by Crippen LogP contribution is 2.21. The smallest absolute Gasteiger partial charge is 0.166 e. The number of nitrogens with one attached hydrogen (secondary N) is 2. The van der Waals surface area contributed by atoms with Crippen molar-refractivity contribution < 1.29 is 0 Å². The van der Waals surface area contributed by atoms with Gasteiger partial charge in [-0.15, -0.1) is 0 Å². The van der Waals surface area contributed by atoms with Gasteiger partial charge in [-0.3, -0.25) is 9.13 Å². The maximum absolute atomic E-state index is 4.57. The lowest BCUT2D eigenvalue weighted by Crippen LogP contribution is -2.08. The van der Waals surface area contributed by atoms with E-state index in [0.717, 1.165) is 11.3 Å². The van der Waals surface area contributed by atoms with Crippen molar-refractivity contribution in [3.8, 4) is 0 Å². The fraction of sp³-hybridized carbons (Fsp3) is 0.120. The first-order chi connectivity index (χ1) is 17.3. The maximum atomic E-state index is 4.57. The van der Waals surface area contributed by atoms with Crippen molar-refractivity contribution >= 4 is 34.0 Å². The molecule has 2 aromatic carbocycles. The number of rotatable bonds is 8. The van der Waals surface area contributed by atoms with Gasteiger partial charge < -0.3 is 10.6 Å². The van der Waals surface area contributed by atoms with Crippen molar-refractivity contribution in [1.82, 2.24) is 39.0 Å². The van der Waals surface area contributed by atoms with Gasteiger partial charge in [0.25, 0.3) is 0 Å². The minimum Gasteiger partial charge on any atom is -0.364 e. The first kappa shape index (κ1) is 20.7. The van der Waals surface area contributed by atoms with E-state index in [1.165, 1.54) is 11.1 Å². The van der Waals surface area contributed by atoms with E-state index in [0.29, 0.717) is 42.4 Å². The Labute approximate surface area is 200 Å². The summed E-state index contributed by atoms with van der Waals surface area (Å²) in [7, 11) is 0. The van der Waals surface area contributed by atoms with Crippen LogP contribution in [-0.4, -0.2) is 39.0 Å². The Hall–Kier alpha value is -4.86. The van der Waals surface area contributed by atoms with Crippen LogP contribution in [-0.2, 0) is 19.8 Å². The molecular weight excluding hydrogens is 440 g/mol. The van der Waals surface area contributed by atoms with Gasteiger partial charge in [-0.25, -0.2) is 29.9 Å².